The molecule has 1 aromatic carbocycles. The van der Waals surface area contributed by atoms with Crippen molar-refractivity contribution >= 4 is 5.91 Å². The summed E-state index contributed by atoms with van der Waals surface area (Å²) < 4.78 is 5.54. The number of nitrogens with zero attached hydrogens (tertiary/aromatic N) is 1. The van der Waals surface area contributed by atoms with E-state index in [-0.39, 0.29) is 18.0 Å². The fourth-order valence-electron chi connectivity index (χ4n) is 2.89. The van der Waals surface area contributed by atoms with E-state index in [4.69, 9.17) is 10.5 Å². The van der Waals surface area contributed by atoms with Gasteiger partial charge in [-0.1, -0.05) is 25.0 Å². The van der Waals surface area contributed by atoms with Crippen LogP contribution >= 0.6 is 0 Å². The predicted octanol–water partition coefficient (Wildman–Crippen LogP) is 2.43. The van der Waals surface area contributed by atoms with Crippen LogP contribution in [-0.2, 0) is 0 Å². The number of rotatable bonds is 4. The molecule has 2 atom stereocenters. The summed E-state index contributed by atoms with van der Waals surface area (Å²) in [6.07, 6.45) is 4.29. The average molecular weight is 276 g/mol. The lowest BCUT2D eigenvalue weighted by atomic mass is 9.90. The van der Waals surface area contributed by atoms with Gasteiger partial charge in [-0.05, 0) is 31.9 Å². The first-order chi connectivity index (χ1) is 9.65. The van der Waals surface area contributed by atoms with E-state index in [1.54, 1.807) is 4.90 Å². The minimum atomic E-state index is -0.00333. The molecule has 1 saturated carbocycles. The molecule has 0 heterocycles. The minimum Gasteiger partial charge on any atom is -0.493 e. The first kappa shape index (κ1) is 14.9. The zero-order valence-electron chi connectivity index (χ0n) is 12.3. The second-order valence-electron chi connectivity index (χ2n) is 5.36. The van der Waals surface area contributed by atoms with Gasteiger partial charge in [0.25, 0.3) is 5.91 Å². The van der Waals surface area contributed by atoms with Crippen molar-refractivity contribution in [2.24, 2.45) is 5.73 Å². The first-order valence-electron chi connectivity index (χ1n) is 7.39. The Morgan fingerprint density at radius 3 is 2.75 bits per heavy atom. The minimum absolute atomic E-state index is 0.00333. The lowest BCUT2D eigenvalue weighted by Gasteiger charge is -2.36. The van der Waals surface area contributed by atoms with Crippen LogP contribution in [0.3, 0.4) is 0 Å². The van der Waals surface area contributed by atoms with Gasteiger partial charge in [0.05, 0.1) is 12.2 Å². The molecular weight excluding hydrogens is 252 g/mol. The number of carbonyl (C=O) groups excluding carboxylic acids is 1. The Morgan fingerprint density at radius 2 is 2.05 bits per heavy atom. The Kier molecular flexibility index (Phi) is 5.01. The Bertz CT molecular complexity index is 462. The Morgan fingerprint density at radius 1 is 1.35 bits per heavy atom. The van der Waals surface area contributed by atoms with Crippen molar-refractivity contribution in [3.63, 3.8) is 0 Å². The monoisotopic (exact) mass is 276 g/mol. The van der Waals surface area contributed by atoms with E-state index in [0.717, 1.165) is 25.7 Å². The van der Waals surface area contributed by atoms with E-state index in [1.807, 2.05) is 38.2 Å². The zero-order valence-corrected chi connectivity index (χ0v) is 12.3. The fraction of sp³-hybridized carbons (Fsp3) is 0.562. The molecule has 2 rings (SSSR count). The highest BCUT2D eigenvalue weighted by Crippen LogP contribution is 2.25. The average Bonchev–Trinajstić information content (AvgIpc) is 2.47. The van der Waals surface area contributed by atoms with Crippen molar-refractivity contribution in [2.75, 3.05) is 13.7 Å². The summed E-state index contributed by atoms with van der Waals surface area (Å²) >= 11 is 0. The van der Waals surface area contributed by atoms with E-state index in [0.29, 0.717) is 17.9 Å². The van der Waals surface area contributed by atoms with Crippen LogP contribution in [0.25, 0.3) is 0 Å². The van der Waals surface area contributed by atoms with Gasteiger partial charge in [0.15, 0.2) is 0 Å². The highest BCUT2D eigenvalue weighted by atomic mass is 16.5. The van der Waals surface area contributed by atoms with E-state index in [2.05, 4.69) is 0 Å². The molecule has 1 aliphatic rings. The molecule has 1 fully saturated rings. The van der Waals surface area contributed by atoms with Gasteiger partial charge < -0.3 is 15.4 Å². The van der Waals surface area contributed by atoms with Gasteiger partial charge in [-0.2, -0.15) is 0 Å². The third-order valence-corrected chi connectivity index (χ3v) is 4.02. The molecule has 0 aliphatic heterocycles. The maximum atomic E-state index is 12.7. The van der Waals surface area contributed by atoms with Crippen LogP contribution in [-0.4, -0.2) is 36.5 Å². The number of hydrogen-bond acceptors (Lipinski definition) is 3. The second-order valence-corrected chi connectivity index (χ2v) is 5.36. The van der Waals surface area contributed by atoms with Crippen molar-refractivity contribution in [1.82, 2.24) is 4.90 Å². The molecule has 2 unspecified atom stereocenters. The third kappa shape index (κ3) is 3.12. The van der Waals surface area contributed by atoms with Crippen LogP contribution < -0.4 is 10.5 Å². The number of amides is 1. The molecule has 0 radical (unpaired) electrons. The summed E-state index contributed by atoms with van der Waals surface area (Å²) in [7, 11) is 1.85. The smallest absolute Gasteiger partial charge is 0.257 e. The van der Waals surface area contributed by atoms with Crippen molar-refractivity contribution in [1.29, 1.82) is 0 Å². The highest BCUT2D eigenvalue weighted by Gasteiger charge is 2.29. The Labute approximate surface area is 120 Å². The van der Waals surface area contributed by atoms with Gasteiger partial charge in [0.1, 0.15) is 5.75 Å². The summed E-state index contributed by atoms with van der Waals surface area (Å²) in [6.45, 7) is 2.47. The van der Waals surface area contributed by atoms with E-state index >= 15 is 0 Å². The third-order valence-electron chi connectivity index (χ3n) is 4.02. The number of nitrogens with two attached hydrogens (primary N) is 1. The summed E-state index contributed by atoms with van der Waals surface area (Å²) in [5.41, 5.74) is 6.79. The number of carbonyl (C=O) groups is 1. The van der Waals surface area contributed by atoms with Gasteiger partial charge in [-0.25, -0.2) is 0 Å². The van der Waals surface area contributed by atoms with E-state index in [9.17, 15) is 4.79 Å². The number of para-hydroxylation sites is 1. The number of hydrogen-bond donors (Lipinski definition) is 1. The summed E-state index contributed by atoms with van der Waals surface area (Å²) in [5.74, 6) is 0.646. The quantitative estimate of drug-likeness (QED) is 0.919. The molecule has 1 aromatic rings. The summed E-state index contributed by atoms with van der Waals surface area (Å²) in [5, 5.41) is 0. The normalized spacial score (nSPS) is 22.4. The van der Waals surface area contributed by atoms with Crippen molar-refractivity contribution < 1.29 is 9.53 Å². The molecule has 4 heteroatoms. The topological polar surface area (TPSA) is 55.6 Å². The number of ether oxygens (including phenoxy) is 1. The molecule has 1 amide bonds. The van der Waals surface area contributed by atoms with Gasteiger partial charge in [0.2, 0.25) is 0 Å². The molecule has 0 saturated heterocycles. The lowest BCUT2D eigenvalue weighted by Crippen LogP contribution is -2.50. The Hall–Kier alpha value is -1.55. The van der Waals surface area contributed by atoms with Crippen molar-refractivity contribution in [3.05, 3.63) is 29.8 Å². The summed E-state index contributed by atoms with van der Waals surface area (Å²) in [4.78, 5) is 14.5. The molecule has 2 N–H and O–H groups in total. The van der Waals surface area contributed by atoms with Gasteiger partial charge in [0, 0.05) is 19.1 Å². The van der Waals surface area contributed by atoms with E-state index < -0.39 is 0 Å². The maximum Gasteiger partial charge on any atom is 0.257 e. The maximum absolute atomic E-state index is 12.7. The second kappa shape index (κ2) is 6.75. The van der Waals surface area contributed by atoms with Crippen LogP contribution in [0.15, 0.2) is 24.3 Å². The van der Waals surface area contributed by atoms with Crippen molar-refractivity contribution in [3.8, 4) is 5.75 Å². The molecule has 0 spiro atoms. The van der Waals surface area contributed by atoms with Crippen LogP contribution in [0.2, 0.25) is 0 Å². The zero-order chi connectivity index (χ0) is 14.5. The number of benzene rings is 1. The molecule has 4 nitrogen and oxygen atoms in total. The van der Waals surface area contributed by atoms with Crippen LogP contribution in [0.5, 0.6) is 5.75 Å². The standard InChI is InChI=1S/C16H24N2O2/c1-3-20-15-11-7-4-8-12(15)16(19)18(2)14-10-6-5-9-13(14)17/h4,7-8,11,13-14H,3,5-6,9-10,17H2,1-2H3. The summed E-state index contributed by atoms with van der Waals surface area (Å²) in [6, 6.07) is 7.62. The molecule has 1 aliphatic carbocycles. The highest BCUT2D eigenvalue weighted by molar-refractivity contribution is 5.97. The predicted molar refractivity (Wildman–Crippen MR) is 79.9 cm³/mol. The first-order valence-corrected chi connectivity index (χ1v) is 7.39. The van der Waals surface area contributed by atoms with Gasteiger partial charge >= 0.3 is 0 Å². The van der Waals surface area contributed by atoms with E-state index in [1.165, 1.54) is 0 Å². The van der Waals surface area contributed by atoms with Crippen LogP contribution in [0, 0.1) is 0 Å². The fourth-order valence-corrected chi connectivity index (χ4v) is 2.89. The molecule has 110 valence electrons. The van der Waals surface area contributed by atoms with Crippen LogP contribution in [0.1, 0.15) is 43.0 Å². The lowest BCUT2D eigenvalue weighted by molar-refractivity contribution is 0.0668. The Balaban J connectivity index is 2.17. The van der Waals surface area contributed by atoms with Crippen molar-refractivity contribution in [2.45, 2.75) is 44.7 Å². The molecule has 20 heavy (non-hydrogen) atoms. The SMILES string of the molecule is CCOc1ccccc1C(=O)N(C)C1CCCCC1N. The van der Waals surface area contributed by atoms with Gasteiger partial charge in [-0.3, -0.25) is 4.79 Å². The molecule has 0 aromatic heterocycles. The molecule has 0 bridgehead atoms. The number of likely N-dealkylation sites (N-methyl/N-ethyl adjacent to an activating group) is 1. The molecular formula is C16H24N2O2. The van der Waals surface area contributed by atoms with Gasteiger partial charge in [-0.15, -0.1) is 0 Å². The van der Waals surface area contributed by atoms with Crippen LogP contribution in [0.4, 0.5) is 0 Å². The largest absolute Gasteiger partial charge is 0.493 e.